The van der Waals surface area contributed by atoms with Crippen LogP contribution in [0.5, 0.6) is 5.88 Å². The van der Waals surface area contributed by atoms with E-state index in [1.165, 1.54) is 13.4 Å². The molecule has 0 aliphatic heterocycles. The van der Waals surface area contributed by atoms with Crippen LogP contribution >= 0.6 is 11.3 Å². The Labute approximate surface area is 149 Å². The fourth-order valence-electron chi connectivity index (χ4n) is 2.17. The van der Waals surface area contributed by atoms with Gasteiger partial charge in [0.05, 0.1) is 24.7 Å². The lowest BCUT2D eigenvalue weighted by atomic mass is 10.1. The first kappa shape index (κ1) is 17.3. The molecule has 7 nitrogen and oxygen atoms in total. The van der Waals surface area contributed by atoms with Crippen molar-refractivity contribution in [3.8, 4) is 17.1 Å². The molecule has 3 aromatic rings. The number of sulfone groups is 1. The number of anilines is 1. The predicted molar refractivity (Wildman–Crippen MR) is 96.6 cm³/mol. The van der Waals surface area contributed by atoms with Gasteiger partial charge in [0, 0.05) is 23.4 Å². The quantitative estimate of drug-likeness (QED) is 0.707. The maximum Gasteiger partial charge on any atom is 0.240 e. The van der Waals surface area contributed by atoms with E-state index in [0.29, 0.717) is 23.9 Å². The van der Waals surface area contributed by atoms with Gasteiger partial charge >= 0.3 is 0 Å². The number of hydrogen-bond donors (Lipinski definition) is 1. The smallest absolute Gasteiger partial charge is 0.240 e. The van der Waals surface area contributed by atoms with Gasteiger partial charge in [-0.3, -0.25) is 0 Å². The Bertz CT molecular complexity index is 956. The Morgan fingerprint density at radius 1 is 1.20 bits per heavy atom. The van der Waals surface area contributed by atoms with Crippen LogP contribution in [0.25, 0.3) is 11.3 Å². The van der Waals surface area contributed by atoms with Gasteiger partial charge < -0.3 is 10.1 Å². The van der Waals surface area contributed by atoms with Crippen LogP contribution in [0.15, 0.2) is 46.9 Å². The summed E-state index contributed by atoms with van der Waals surface area (Å²) in [4.78, 5) is 13.3. The molecular formula is C16H16N4O3S2. The van der Waals surface area contributed by atoms with Crippen molar-refractivity contribution in [3.05, 3.63) is 47.0 Å². The molecular weight excluding hydrogens is 360 g/mol. The van der Waals surface area contributed by atoms with E-state index in [2.05, 4.69) is 20.3 Å². The van der Waals surface area contributed by atoms with Crippen molar-refractivity contribution in [1.29, 1.82) is 0 Å². The molecule has 0 bridgehead atoms. The minimum absolute atomic E-state index is 0.251. The van der Waals surface area contributed by atoms with E-state index in [4.69, 9.17) is 4.74 Å². The number of aromatic nitrogens is 3. The summed E-state index contributed by atoms with van der Waals surface area (Å²) in [6.45, 7) is 0.547. The van der Waals surface area contributed by atoms with Gasteiger partial charge in [0.1, 0.15) is 16.5 Å². The molecule has 25 heavy (non-hydrogen) atoms. The first-order valence-electron chi connectivity index (χ1n) is 7.31. The highest BCUT2D eigenvalue weighted by Gasteiger charge is 2.13. The number of ether oxygens (including phenoxy) is 1. The van der Waals surface area contributed by atoms with E-state index < -0.39 is 9.84 Å². The fraction of sp³-hybridized carbons (Fsp3) is 0.188. The zero-order chi connectivity index (χ0) is 17.9. The van der Waals surface area contributed by atoms with E-state index in [9.17, 15) is 8.42 Å². The van der Waals surface area contributed by atoms with Gasteiger partial charge in [0.2, 0.25) is 5.88 Å². The number of methoxy groups -OCH3 is 1. The number of hydrogen-bond acceptors (Lipinski definition) is 8. The van der Waals surface area contributed by atoms with Crippen molar-refractivity contribution >= 4 is 27.0 Å². The van der Waals surface area contributed by atoms with Crippen LogP contribution in [0.3, 0.4) is 0 Å². The Hall–Kier alpha value is -2.52. The third-order valence-corrected chi connectivity index (χ3v) is 5.30. The maximum atomic E-state index is 11.6. The minimum atomic E-state index is -3.24. The number of nitrogens with one attached hydrogen (secondary N) is 1. The summed E-state index contributed by atoms with van der Waals surface area (Å²) in [6.07, 6.45) is 4.50. The van der Waals surface area contributed by atoms with Gasteiger partial charge in [-0.2, -0.15) is 0 Å². The third kappa shape index (κ3) is 4.12. The molecule has 0 spiro atoms. The van der Waals surface area contributed by atoms with E-state index in [1.807, 2.05) is 5.38 Å². The van der Waals surface area contributed by atoms with Crippen LogP contribution < -0.4 is 10.1 Å². The predicted octanol–water partition coefficient (Wildman–Crippen LogP) is 2.62. The van der Waals surface area contributed by atoms with Crippen molar-refractivity contribution < 1.29 is 13.2 Å². The van der Waals surface area contributed by atoms with Crippen LogP contribution in [-0.4, -0.2) is 36.7 Å². The molecule has 1 aromatic carbocycles. The summed E-state index contributed by atoms with van der Waals surface area (Å²) in [7, 11) is -1.73. The van der Waals surface area contributed by atoms with Gasteiger partial charge in [-0.05, 0) is 12.1 Å². The molecule has 0 radical (unpaired) electrons. The van der Waals surface area contributed by atoms with E-state index in [0.717, 1.165) is 10.6 Å². The molecule has 2 aromatic heterocycles. The number of thiazole rings is 1. The van der Waals surface area contributed by atoms with Gasteiger partial charge in [-0.15, -0.1) is 11.3 Å². The van der Waals surface area contributed by atoms with Crippen molar-refractivity contribution in [3.63, 3.8) is 0 Å². The molecule has 0 amide bonds. The average Bonchev–Trinajstić information content (AvgIpc) is 3.12. The van der Waals surface area contributed by atoms with Crippen molar-refractivity contribution in [2.75, 3.05) is 18.7 Å². The monoisotopic (exact) mass is 376 g/mol. The molecule has 3 rings (SSSR count). The van der Waals surface area contributed by atoms with Gasteiger partial charge in [-0.1, -0.05) is 12.1 Å². The lowest BCUT2D eigenvalue weighted by Crippen LogP contribution is -2.04. The topological polar surface area (TPSA) is 94.1 Å². The third-order valence-electron chi connectivity index (χ3n) is 3.39. The van der Waals surface area contributed by atoms with Crippen LogP contribution in [0.4, 0.5) is 5.82 Å². The normalized spacial score (nSPS) is 11.3. The molecule has 0 saturated carbocycles. The highest BCUT2D eigenvalue weighted by Crippen LogP contribution is 2.28. The van der Waals surface area contributed by atoms with Crippen molar-refractivity contribution in [1.82, 2.24) is 15.0 Å². The van der Waals surface area contributed by atoms with Crippen LogP contribution in [0.1, 0.15) is 5.01 Å². The summed E-state index contributed by atoms with van der Waals surface area (Å²) < 4.78 is 28.4. The SMILES string of the molecule is COc1ncc(NCc2nccs2)nc1-c1ccc(S(C)(=O)=O)cc1. The molecule has 0 saturated heterocycles. The van der Waals surface area contributed by atoms with Crippen LogP contribution in [-0.2, 0) is 16.4 Å². The molecule has 130 valence electrons. The Morgan fingerprint density at radius 2 is 1.96 bits per heavy atom. The molecule has 0 atom stereocenters. The number of rotatable bonds is 6. The second-order valence-corrected chi connectivity index (χ2v) is 8.18. The van der Waals surface area contributed by atoms with Gasteiger partial charge in [0.25, 0.3) is 0 Å². The number of benzene rings is 1. The summed E-state index contributed by atoms with van der Waals surface area (Å²) in [5.74, 6) is 0.949. The summed E-state index contributed by atoms with van der Waals surface area (Å²) in [5, 5.41) is 6.02. The van der Waals surface area contributed by atoms with Crippen molar-refractivity contribution in [2.24, 2.45) is 0 Å². The fourth-order valence-corrected chi connectivity index (χ4v) is 3.35. The standard InChI is InChI=1S/C16H16N4O3S2/c1-23-16-15(11-3-5-12(6-4-11)25(2,21)22)20-13(9-19-16)18-10-14-17-7-8-24-14/h3-9H,10H2,1-2H3,(H,18,20). The van der Waals surface area contributed by atoms with E-state index in [1.54, 1.807) is 48.0 Å². The molecule has 0 aliphatic carbocycles. The molecule has 1 N–H and O–H groups in total. The largest absolute Gasteiger partial charge is 0.479 e. The van der Waals surface area contributed by atoms with E-state index >= 15 is 0 Å². The molecule has 0 fully saturated rings. The molecule has 9 heteroatoms. The molecule has 0 unspecified atom stereocenters. The lowest BCUT2D eigenvalue weighted by Gasteiger charge is -2.10. The Balaban J connectivity index is 1.89. The second kappa shape index (κ2) is 7.16. The highest BCUT2D eigenvalue weighted by atomic mass is 32.2. The zero-order valence-corrected chi connectivity index (χ0v) is 15.3. The molecule has 2 heterocycles. The zero-order valence-electron chi connectivity index (χ0n) is 13.6. The Morgan fingerprint density at radius 3 is 2.56 bits per heavy atom. The van der Waals surface area contributed by atoms with Crippen LogP contribution in [0, 0.1) is 0 Å². The first-order chi connectivity index (χ1) is 12.0. The van der Waals surface area contributed by atoms with Gasteiger partial charge in [-0.25, -0.2) is 23.4 Å². The first-order valence-corrected chi connectivity index (χ1v) is 10.1. The van der Waals surface area contributed by atoms with Gasteiger partial charge in [0.15, 0.2) is 9.84 Å². The number of nitrogens with zero attached hydrogens (tertiary/aromatic N) is 3. The minimum Gasteiger partial charge on any atom is -0.479 e. The second-order valence-electron chi connectivity index (χ2n) is 5.19. The lowest BCUT2D eigenvalue weighted by molar-refractivity contribution is 0.398. The van der Waals surface area contributed by atoms with Crippen molar-refractivity contribution in [2.45, 2.75) is 11.4 Å². The summed E-state index contributed by atoms with van der Waals surface area (Å²) >= 11 is 1.55. The Kier molecular flexibility index (Phi) is 4.95. The summed E-state index contributed by atoms with van der Waals surface area (Å²) in [6, 6.07) is 6.46. The maximum absolute atomic E-state index is 11.6. The average molecular weight is 376 g/mol. The van der Waals surface area contributed by atoms with E-state index in [-0.39, 0.29) is 4.90 Å². The summed E-state index contributed by atoms with van der Waals surface area (Å²) in [5.41, 5.74) is 1.25. The molecule has 0 aliphatic rings. The van der Waals surface area contributed by atoms with Crippen LogP contribution in [0.2, 0.25) is 0 Å². The highest BCUT2D eigenvalue weighted by molar-refractivity contribution is 7.90.